The van der Waals surface area contributed by atoms with E-state index in [2.05, 4.69) is 5.32 Å². The Hall–Kier alpha value is -1.56. The summed E-state index contributed by atoms with van der Waals surface area (Å²) in [6, 6.07) is 2.40. The number of furan rings is 1. The van der Waals surface area contributed by atoms with Crippen LogP contribution in [0.2, 0.25) is 0 Å². The molecular formula is C9H11ClN2O4. The van der Waals surface area contributed by atoms with Crippen LogP contribution in [0.1, 0.15) is 23.9 Å². The normalized spacial score (nSPS) is 12.1. The maximum Gasteiger partial charge on any atom is 0.433 e. The van der Waals surface area contributed by atoms with Gasteiger partial charge in [0.25, 0.3) is 5.91 Å². The van der Waals surface area contributed by atoms with E-state index >= 15 is 0 Å². The monoisotopic (exact) mass is 246 g/mol. The number of hydrogen-bond donors (Lipinski definition) is 1. The van der Waals surface area contributed by atoms with E-state index in [0.717, 1.165) is 6.07 Å². The number of hydrogen-bond acceptors (Lipinski definition) is 4. The van der Waals surface area contributed by atoms with Crippen molar-refractivity contribution in [2.45, 2.75) is 18.7 Å². The largest absolute Gasteiger partial charge is 0.433 e. The van der Waals surface area contributed by atoms with Gasteiger partial charge in [-0.3, -0.25) is 14.9 Å². The van der Waals surface area contributed by atoms with E-state index in [4.69, 9.17) is 16.0 Å². The molecular weight excluding hydrogens is 236 g/mol. The molecule has 0 aliphatic carbocycles. The molecule has 1 rings (SSSR count). The fourth-order valence-electron chi connectivity index (χ4n) is 1.02. The molecule has 0 aromatic carbocycles. The van der Waals surface area contributed by atoms with Gasteiger partial charge in [-0.05, 0) is 19.4 Å². The first-order valence-electron chi connectivity index (χ1n) is 4.67. The molecule has 1 aromatic heterocycles. The van der Waals surface area contributed by atoms with Crippen molar-refractivity contribution < 1.29 is 14.1 Å². The second-order valence-electron chi connectivity index (χ2n) is 3.22. The molecule has 0 radical (unpaired) electrons. The van der Waals surface area contributed by atoms with E-state index in [9.17, 15) is 14.9 Å². The Morgan fingerprint density at radius 3 is 2.88 bits per heavy atom. The molecule has 0 aliphatic rings. The Bertz CT molecular complexity index is 389. The molecule has 1 atom stereocenters. The van der Waals surface area contributed by atoms with Crippen LogP contribution in [0.25, 0.3) is 0 Å². The van der Waals surface area contributed by atoms with Gasteiger partial charge >= 0.3 is 5.88 Å². The zero-order valence-electron chi connectivity index (χ0n) is 8.60. The number of nitro groups is 1. The third kappa shape index (κ3) is 3.54. The second kappa shape index (κ2) is 5.50. The molecule has 1 heterocycles. The number of rotatable bonds is 5. The first kappa shape index (κ1) is 12.5. The number of nitrogens with one attached hydrogen (secondary N) is 1. The van der Waals surface area contributed by atoms with Gasteiger partial charge in [0.1, 0.15) is 4.92 Å². The van der Waals surface area contributed by atoms with Crippen molar-refractivity contribution >= 4 is 23.4 Å². The molecule has 0 aliphatic heterocycles. The van der Waals surface area contributed by atoms with Crippen LogP contribution in [0.3, 0.4) is 0 Å². The highest BCUT2D eigenvalue weighted by Crippen LogP contribution is 2.15. The molecule has 0 bridgehead atoms. The summed E-state index contributed by atoms with van der Waals surface area (Å²) in [5.41, 5.74) is 0. The number of carbonyl (C=O) groups is 1. The topological polar surface area (TPSA) is 85.4 Å². The Morgan fingerprint density at radius 1 is 1.69 bits per heavy atom. The minimum atomic E-state index is -0.697. The average molecular weight is 247 g/mol. The molecule has 0 saturated heterocycles. The van der Waals surface area contributed by atoms with Crippen molar-refractivity contribution in [2.24, 2.45) is 0 Å². The standard InChI is InChI=1S/C9H11ClN2O4/c1-6(10)4-5-11-9(13)7-2-3-8(16-7)12(14)15/h2-3,6H,4-5H2,1H3,(H,11,13). The van der Waals surface area contributed by atoms with Crippen LogP contribution >= 0.6 is 11.6 Å². The van der Waals surface area contributed by atoms with Crippen LogP contribution in [0, 0.1) is 10.1 Å². The van der Waals surface area contributed by atoms with Gasteiger partial charge in [-0.1, -0.05) is 0 Å². The Labute approximate surface area is 96.7 Å². The first-order valence-corrected chi connectivity index (χ1v) is 5.11. The Kier molecular flexibility index (Phi) is 4.30. The number of carbonyl (C=O) groups excluding carboxylic acids is 1. The smallest absolute Gasteiger partial charge is 0.395 e. The van der Waals surface area contributed by atoms with Crippen LogP contribution in [0.5, 0.6) is 0 Å². The highest BCUT2D eigenvalue weighted by molar-refractivity contribution is 6.20. The quantitative estimate of drug-likeness (QED) is 0.489. The van der Waals surface area contributed by atoms with Gasteiger partial charge in [-0.2, -0.15) is 0 Å². The lowest BCUT2D eigenvalue weighted by molar-refractivity contribution is -0.402. The molecule has 0 spiro atoms. The van der Waals surface area contributed by atoms with Gasteiger partial charge in [-0.25, -0.2) is 0 Å². The molecule has 88 valence electrons. The van der Waals surface area contributed by atoms with Gasteiger partial charge in [-0.15, -0.1) is 11.6 Å². The lowest BCUT2D eigenvalue weighted by Gasteiger charge is -2.03. The Balaban J connectivity index is 2.50. The summed E-state index contributed by atoms with van der Waals surface area (Å²) >= 11 is 5.69. The molecule has 1 aromatic rings. The predicted molar refractivity (Wildman–Crippen MR) is 57.6 cm³/mol. The highest BCUT2D eigenvalue weighted by atomic mass is 35.5. The molecule has 16 heavy (non-hydrogen) atoms. The molecule has 1 unspecified atom stereocenters. The maximum absolute atomic E-state index is 11.4. The summed E-state index contributed by atoms with van der Waals surface area (Å²) in [4.78, 5) is 21.0. The lowest BCUT2D eigenvalue weighted by atomic mass is 10.3. The van der Waals surface area contributed by atoms with Gasteiger partial charge in [0.05, 0.1) is 6.07 Å². The summed E-state index contributed by atoms with van der Waals surface area (Å²) in [7, 11) is 0. The average Bonchev–Trinajstić information content (AvgIpc) is 2.65. The maximum atomic E-state index is 11.4. The van der Waals surface area contributed by atoms with Crippen LogP contribution in [0.15, 0.2) is 16.5 Å². The van der Waals surface area contributed by atoms with Crippen molar-refractivity contribution in [1.82, 2.24) is 5.32 Å². The van der Waals surface area contributed by atoms with E-state index in [1.165, 1.54) is 6.07 Å². The molecule has 1 N–H and O–H groups in total. The zero-order chi connectivity index (χ0) is 12.1. The van der Waals surface area contributed by atoms with Crippen LogP contribution < -0.4 is 5.32 Å². The second-order valence-corrected chi connectivity index (χ2v) is 3.97. The molecule has 0 saturated carbocycles. The summed E-state index contributed by atoms with van der Waals surface area (Å²) in [5.74, 6) is -1.00. The zero-order valence-corrected chi connectivity index (χ0v) is 9.36. The number of nitrogens with zero attached hydrogens (tertiary/aromatic N) is 1. The SMILES string of the molecule is CC(Cl)CCNC(=O)c1ccc([N+](=O)[O-])o1. The third-order valence-corrected chi connectivity index (χ3v) is 2.04. The fraction of sp³-hybridized carbons (Fsp3) is 0.444. The first-order chi connectivity index (χ1) is 7.50. The molecule has 1 amide bonds. The van der Waals surface area contributed by atoms with Crippen molar-refractivity contribution in [2.75, 3.05) is 6.54 Å². The van der Waals surface area contributed by atoms with E-state index in [1.54, 1.807) is 0 Å². The molecule has 0 fully saturated rings. The van der Waals surface area contributed by atoms with Crippen molar-refractivity contribution in [3.05, 3.63) is 28.0 Å². The van der Waals surface area contributed by atoms with Crippen molar-refractivity contribution in [1.29, 1.82) is 0 Å². The van der Waals surface area contributed by atoms with Crippen LogP contribution in [-0.4, -0.2) is 22.8 Å². The summed E-state index contributed by atoms with van der Waals surface area (Å²) < 4.78 is 4.72. The number of halogens is 1. The number of alkyl halides is 1. The number of amides is 1. The fourth-order valence-corrected chi connectivity index (χ4v) is 1.13. The van der Waals surface area contributed by atoms with E-state index in [0.29, 0.717) is 13.0 Å². The third-order valence-electron chi connectivity index (χ3n) is 1.82. The highest BCUT2D eigenvalue weighted by Gasteiger charge is 2.16. The predicted octanol–water partition coefficient (Wildman–Crippen LogP) is 1.93. The van der Waals surface area contributed by atoms with Gasteiger partial charge in [0, 0.05) is 11.9 Å². The summed E-state index contributed by atoms with van der Waals surface area (Å²) in [5, 5.41) is 12.8. The van der Waals surface area contributed by atoms with Gasteiger partial charge in [0.2, 0.25) is 0 Å². The van der Waals surface area contributed by atoms with E-state index < -0.39 is 16.7 Å². The van der Waals surface area contributed by atoms with Gasteiger partial charge in [0.15, 0.2) is 5.76 Å². The summed E-state index contributed by atoms with van der Waals surface area (Å²) in [6.07, 6.45) is 0.621. The van der Waals surface area contributed by atoms with E-state index in [1.807, 2.05) is 6.92 Å². The van der Waals surface area contributed by atoms with Crippen LogP contribution in [0.4, 0.5) is 5.88 Å². The minimum absolute atomic E-state index is 0.0359. The lowest BCUT2D eigenvalue weighted by Crippen LogP contribution is -2.25. The molecule has 6 nitrogen and oxygen atoms in total. The molecule has 7 heteroatoms. The van der Waals surface area contributed by atoms with Crippen molar-refractivity contribution in [3.8, 4) is 0 Å². The van der Waals surface area contributed by atoms with Gasteiger partial charge < -0.3 is 9.73 Å². The minimum Gasteiger partial charge on any atom is -0.395 e. The van der Waals surface area contributed by atoms with Crippen molar-refractivity contribution in [3.63, 3.8) is 0 Å². The Morgan fingerprint density at radius 2 is 2.38 bits per heavy atom. The summed E-state index contributed by atoms with van der Waals surface area (Å²) in [6.45, 7) is 2.21. The van der Waals surface area contributed by atoms with E-state index in [-0.39, 0.29) is 11.1 Å². The van der Waals surface area contributed by atoms with Crippen LogP contribution in [-0.2, 0) is 0 Å².